The molecule has 1 rings (SSSR count). The van der Waals surface area contributed by atoms with E-state index in [1.807, 2.05) is 18.2 Å². The Morgan fingerprint density at radius 2 is 1.83 bits per heavy atom. The number of nitrogens with zero attached hydrogens (tertiary/aromatic N) is 1. The molecule has 0 aliphatic rings. The fraction of sp³-hybridized carbons (Fsp3) is 0.632. The van der Waals surface area contributed by atoms with Crippen molar-refractivity contribution in [3.8, 4) is 5.75 Å². The van der Waals surface area contributed by atoms with Crippen LogP contribution >= 0.6 is 0 Å². The molecular formula is C19H33N3O2. The molecule has 1 aromatic carbocycles. The maximum atomic E-state index is 12.5. The van der Waals surface area contributed by atoms with E-state index in [2.05, 4.69) is 50.2 Å². The van der Waals surface area contributed by atoms with Crippen molar-refractivity contribution in [3.63, 3.8) is 0 Å². The Bertz CT molecular complexity index is 513. The van der Waals surface area contributed by atoms with Crippen LogP contribution in [-0.4, -0.2) is 50.1 Å². The second-order valence-corrected chi connectivity index (χ2v) is 6.47. The summed E-state index contributed by atoms with van der Waals surface area (Å²) in [5.74, 6) is 1.05. The van der Waals surface area contributed by atoms with Gasteiger partial charge in [-0.3, -0.25) is 9.69 Å². The summed E-state index contributed by atoms with van der Waals surface area (Å²) in [7, 11) is 1.59. The number of methoxy groups -OCH3 is 1. The van der Waals surface area contributed by atoms with Gasteiger partial charge in [-0.25, -0.2) is 0 Å². The number of benzene rings is 1. The number of amides is 1. The van der Waals surface area contributed by atoms with E-state index in [9.17, 15) is 4.79 Å². The minimum Gasteiger partial charge on any atom is -0.496 e. The minimum absolute atomic E-state index is 0.0961. The molecule has 0 radical (unpaired) electrons. The maximum absolute atomic E-state index is 12.5. The van der Waals surface area contributed by atoms with Crippen LogP contribution in [0.1, 0.15) is 45.0 Å². The van der Waals surface area contributed by atoms with Crippen molar-refractivity contribution in [1.29, 1.82) is 0 Å². The first kappa shape index (κ1) is 20.3. The number of nitrogens with one attached hydrogen (secondary N) is 2. The Labute approximate surface area is 146 Å². The van der Waals surface area contributed by atoms with Gasteiger partial charge >= 0.3 is 0 Å². The van der Waals surface area contributed by atoms with Crippen LogP contribution in [0.4, 0.5) is 5.69 Å². The van der Waals surface area contributed by atoms with E-state index < -0.39 is 0 Å². The van der Waals surface area contributed by atoms with Crippen molar-refractivity contribution in [2.24, 2.45) is 5.92 Å². The summed E-state index contributed by atoms with van der Waals surface area (Å²) in [6.07, 6.45) is 0. The van der Waals surface area contributed by atoms with E-state index in [1.165, 1.54) is 0 Å². The standard InChI is InChI=1S/C19H33N3O2/c1-7-22(8-2)15(5)13-21-19(23)17-10-9-16(11-18(17)24-6)20-12-14(3)4/h9-11,14-15,20H,7-8,12-13H2,1-6H3,(H,21,23). The summed E-state index contributed by atoms with van der Waals surface area (Å²) >= 11 is 0. The van der Waals surface area contributed by atoms with Crippen molar-refractivity contribution < 1.29 is 9.53 Å². The van der Waals surface area contributed by atoms with Crippen molar-refractivity contribution in [3.05, 3.63) is 23.8 Å². The van der Waals surface area contributed by atoms with Crippen LogP contribution in [0.3, 0.4) is 0 Å². The number of hydrogen-bond donors (Lipinski definition) is 2. The highest BCUT2D eigenvalue weighted by molar-refractivity contribution is 5.97. The highest BCUT2D eigenvalue weighted by Gasteiger charge is 2.15. The van der Waals surface area contributed by atoms with Gasteiger partial charge in [0.15, 0.2) is 0 Å². The van der Waals surface area contributed by atoms with Gasteiger partial charge in [0.2, 0.25) is 0 Å². The normalized spacial score (nSPS) is 12.3. The first-order valence-electron chi connectivity index (χ1n) is 8.87. The van der Waals surface area contributed by atoms with E-state index >= 15 is 0 Å². The molecule has 5 nitrogen and oxygen atoms in total. The molecule has 0 saturated heterocycles. The number of carbonyl (C=O) groups is 1. The quantitative estimate of drug-likeness (QED) is 0.689. The molecular weight excluding hydrogens is 302 g/mol. The number of rotatable bonds is 10. The molecule has 0 spiro atoms. The Morgan fingerprint density at radius 3 is 2.38 bits per heavy atom. The van der Waals surface area contributed by atoms with Crippen LogP contribution in [0, 0.1) is 5.92 Å². The third-order valence-electron chi connectivity index (χ3n) is 4.15. The topological polar surface area (TPSA) is 53.6 Å². The Hall–Kier alpha value is -1.75. The first-order valence-corrected chi connectivity index (χ1v) is 8.87. The van der Waals surface area contributed by atoms with Crippen LogP contribution < -0.4 is 15.4 Å². The van der Waals surface area contributed by atoms with Crippen molar-refractivity contribution in [2.75, 3.05) is 38.6 Å². The second kappa shape index (κ2) is 10.2. The molecule has 1 unspecified atom stereocenters. The average Bonchev–Trinajstić information content (AvgIpc) is 2.58. The van der Waals surface area contributed by atoms with Gasteiger partial charge in [0.25, 0.3) is 5.91 Å². The second-order valence-electron chi connectivity index (χ2n) is 6.47. The van der Waals surface area contributed by atoms with Crippen LogP contribution in [0.25, 0.3) is 0 Å². The van der Waals surface area contributed by atoms with E-state index in [0.29, 0.717) is 29.8 Å². The zero-order valence-electron chi connectivity index (χ0n) is 16.0. The molecule has 1 amide bonds. The van der Waals surface area contributed by atoms with Gasteiger partial charge in [0.05, 0.1) is 12.7 Å². The van der Waals surface area contributed by atoms with Crippen molar-refractivity contribution >= 4 is 11.6 Å². The largest absolute Gasteiger partial charge is 0.496 e. The summed E-state index contributed by atoms with van der Waals surface area (Å²) in [5.41, 5.74) is 1.54. The van der Waals surface area contributed by atoms with Gasteiger partial charge in [-0.1, -0.05) is 27.7 Å². The van der Waals surface area contributed by atoms with E-state index in [4.69, 9.17) is 4.74 Å². The van der Waals surface area contributed by atoms with Crippen LogP contribution in [0.15, 0.2) is 18.2 Å². The van der Waals surface area contributed by atoms with E-state index in [0.717, 1.165) is 25.3 Å². The van der Waals surface area contributed by atoms with Gasteiger partial charge in [-0.05, 0) is 38.1 Å². The lowest BCUT2D eigenvalue weighted by Gasteiger charge is -2.26. The molecule has 0 bridgehead atoms. The van der Waals surface area contributed by atoms with Gasteiger partial charge < -0.3 is 15.4 Å². The Morgan fingerprint density at radius 1 is 1.17 bits per heavy atom. The van der Waals surface area contributed by atoms with Crippen LogP contribution in [-0.2, 0) is 0 Å². The third-order valence-corrected chi connectivity index (χ3v) is 4.15. The molecule has 0 heterocycles. The molecule has 5 heteroatoms. The predicted octanol–water partition coefficient (Wildman–Crippen LogP) is 3.22. The summed E-state index contributed by atoms with van der Waals surface area (Å²) in [5, 5.41) is 6.36. The molecule has 136 valence electrons. The molecule has 2 N–H and O–H groups in total. The number of likely N-dealkylation sites (N-methyl/N-ethyl adjacent to an activating group) is 1. The van der Waals surface area contributed by atoms with E-state index in [1.54, 1.807) is 7.11 Å². The molecule has 0 aliphatic heterocycles. The van der Waals surface area contributed by atoms with E-state index in [-0.39, 0.29) is 5.91 Å². The maximum Gasteiger partial charge on any atom is 0.255 e. The predicted molar refractivity (Wildman–Crippen MR) is 101 cm³/mol. The van der Waals surface area contributed by atoms with Gasteiger partial charge in [-0.15, -0.1) is 0 Å². The van der Waals surface area contributed by atoms with Crippen LogP contribution in [0.5, 0.6) is 5.75 Å². The van der Waals surface area contributed by atoms with Gasteiger partial charge in [0.1, 0.15) is 5.75 Å². The fourth-order valence-electron chi connectivity index (χ4n) is 2.62. The summed E-state index contributed by atoms with van der Waals surface area (Å²) in [6.45, 7) is 14.2. The Balaban J connectivity index is 2.72. The smallest absolute Gasteiger partial charge is 0.255 e. The van der Waals surface area contributed by atoms with Crippen molar-refractivity contribution in [1.82, 2.24) is 10.2 Å². The van der Waals surface area contributed by atoms with Crippen LogP contribution in [0.2, 0.25) is 0 Å². The summed E-state index contributed by atoms with van der Waals surface area (Å²) in [4.78, 5) is 14.8. The molecule has 0 aromatic heterocycles. The highest BCUT2D eigenvalue weighted by atomic mass is 16.5. The molecule has 0 aliphatic carbocycles. The lowest BCUT2D eigenvalue weighted by atomic mass is 10.1. The van der Waals surface area contributed by atoms with Crippen molar-refractivity contribution in [2.45, 2.75) is 40.7 Å². The number of carbonyl (C=O) groups excluding carboxylic acids is 1. The minimum atomic E-state index is -0.0961. The molecule has 24 heavy (non-hydrogen) atoms. The monoisotopic (exact) mass is 335 g/mol. The lowest BCUT2D eigenvalue weighted by Crippen LogP contribution is -2.42. The van der Waals surface area contributed by atoms with Gasteiger partial charge in [0, 0.05) is 30.9 Å². The average molecular weight is 335 g/mol. The number of ether oxygens (including phenoxy) is 1. The molecule has 0 fully saturated rings. The highest BCUT2D eigenvalue weighted by Crippen LogP contribution is 2.23. The summed E-state index contributed by atoms with van der Waals surface area (Å²) < 4.78 is 5.40. The Kier molecular flexibility index (Phi) is 8.61. The molecule has 1 aromatic rings. The zero-order valence-corrected chi connectivity index (χ0v) is 16.0. The summed E-state index contributed by atoms with van der Waals surface area (Å²) in [6, 6.07) is 5.93. The lowest BCUT2D eigenvalue weighted by molar-refractivity contribution is 0.0935. The van der Waals surface area contributed by atoms with Gasteiger partial charge in [-0.2, -0.15) is 0 Å². The molecule has 0 saturated carbocycles. The molecule has 1 atom stereocenters. The fourth-order valence-corrected chi connectivity index (χ4v) is 2.62. The zero-order chi connectivity index (χ0) is 18.1. The number of hydrogen-bond acceptors (Lipinski definition) is 4. The SMILES string of the molecule is CCN(CC)C(C)CNC(=O)c1ccc(NCC(C)C)cc1OC. The third kappa shape index (κ3) is 6.04. The number of anilines is 1. The first-order chi connectivity index (χ1) is 11.4.